The minimum absolute atomic E-state index is 0.197. The molecule has 0 aliphatic heterocycles. The highest BCUT2D eigenvalue weighted by Crippen LogP contribution is 2.33. The summed E-state index contributed by atoms with van der Waals surface area (Å²) in [5.41, 5.74) is 1.81. The third-order valence-electron chi connectivity index (χ3n) is 2.68. The van der Waals surface area contributed by atoms with Crippen LogP contribution in [0.15, 0.2) is 40.9 Å². The molecule has 0 atom stereocenters. The molecule has 0 fully saturated rings. The minimum atomic E-state index is 0.197. The van der Waals surface area contributed by atoms with Gasteiger partial charge in [-0.15, -0.1) is 0 Å². The van der Waals surface area contributed by atoms with Gasteiger partial charge in [-0.3, -0.25) is 0 Å². The van der Waals surface area contributed by atoms with Crippen LogP contribution in [-0.2, 0) is 6.42 Å². The third-order valence-corrected chi connectivity index (χ3v) is 3.30. The summed E-state index contributed by atoms with van der Waals surface area (Å²) in [5, 5.41) is 19.1. The number of hydrogen-bond acceptors (Lipinski definition) is 3. The first kappa shape index (κ1) is 12.8. The van der Waals surface area contributed by atoms with E-state index in [1.807, 2.05) is 18.2 Å². The van der Waals surface area contributed by atoms with Gasteiger partial charge in [0.05, 0.1) is 11.6 Å². The summed E-state index contributed by atoms with van der Waals surface area (Å²) in [6, 6.07) is 10.3. The zero-order chi connectivity index (χ0) is 13.1. The Hall–Kier alpha value is -1.68. The summed E-state index contributed by atoms with van der Waals surface area (Å²) in [7, 11) is 1.55. The summed E-state index contributed by atoms with van der Waals surface area (Å²) in [6.07, 6.45) is 0.592. The molecule has 2 N–H and O–H groups in total. The Morgan fingerprint density at radius 2 is 1.78 bits per heavy atom. The molecule has 2 aromatic rings. The van der Waals surface area contributed by atoms with Crippen molar-refractivity contribution >= 4 is 15.9 Å². The normalized spacial score (nSPS) is 10.3. The lowest BCUT2D eigenvalue weighted by molar-refractivity contribution is 0.404. The first-order valence-corrected chi connectivity index (χ1v) is 6.22. The van der Waals surface area contributed by atoms with Gasteiger partial charge in [-0.25, -0.2) is 0 Å². The molecule has 0 radical (unpaired) electrons. The maximum atomic E-state index is 9.91. The topological polar surface area (TPSA) is 49.7 Å². The molecule has 94 valence electrons. The van der Waals surface area contributed by atoms with Crippen LogP contribution in [0.5, 0.6) is 17.2 Å². The number of rotatable bonds is 3. The molecule has 3 nitrogen and oxygen atoms in total. The SMILES string of the molecule is COc1cc(O)c(Cc2ccc(O)cc2)cc1Br. The largest absolute Gasteiger partial charge is 0.508 e. The van der Waals surface area contributed by atoms with Crippen LogP contribution >= 0.6 is 15.9 Å². The first-order chi connectivity index (χ1) is 8.60. The molecular weight excluding hydrogens is 296 g/mol. The lowest BCUT2D eigenvalue weighted by Crippen LogP contribution is -1.91. The highest BCUT2D eigenvalue weighted by Gasteiger charge is 2.08. The van der Waals surface area contributed by atoms with Gasteiger partial charge in [0.25, 0.3) is 0 Å². The molecule has 0 aromatic heterocycles. The Morgan fingerprint density at radius 3 is 2.39 bits per heavy atom. The van der Waals surface area contributed by atoms with E-state index in [0.29, 0.717) is 12.2 Å². The highest BCUT2D eigenvalue weighted by atomic mass is 79.9. The van der Waals surface area contributed by atoms with Crippen LogP contribution in [0.3, 0.4) is 0 Å². The van der Waals surface area contributed by atoms with Gasteiger partial charge in [-0.1, -0.05) is 12.1 Å². The maximum absolute atomic E-state index is 9.91. The lowest BCUT2D eigenvalue weighted by atomic mass is 10.0. The predicted octanol–water partition coefficient (Wildman–Crippen LogP) is 3.46. The number of methoxy groups -OCH3 is 1. The van der Waals surface area contributed by atoms with E-state index in [1.165, 1.54) is 0 Å². The zero-order valence-corrected chi connectivity index (χ0v) is 11.4. The number of benzene rings is 2. The molecule has 0 amide bonds. The van der Waals surface area contributed by atoms with E-state index in [9.17, 15) is 10.2 Å². The Balaban J connectivity index is 2.29. The van der Waals surface area contributed by atoms with Crippen molar-refractivity contribution in [3.63, 3.8) is 0 Å². The summed E-state index contributed by atoms with van der Waals surface area (Å²) in [4.78, 5) is 0. The van der Waals surface area contributed by atoms with E-state index in [0.717, 1.165) is 15.6 Å². The summed E-state index contributed by atoms with van der Waals surface area (Å²) in [6.45, 7) is 0. The van der Waals surface area contributed by atoms with Gasteiger partial charge in [-0.2, -0.15) is 0 Å². The third kappa shape index (κ3) is 2.76. The molecule has 0 saturated heterocycles. The van der Waals surface area contributed by atoms with Crippen LogP contribution in [0, 0.1) is 0 Å². The fourth-order valence-electron chi connectivity index (χ4n) is 1.72. The molecule has 0 unspecified atom stereocenters. The predicted molar refractivity (Wildman–Crippen MR) is 73.3 cm³/mol. The second kappa shape index (κ2) is 5.31. The molecule has 2 rings (SSSR count). The summed E-state index contributed by atoms with van der Waals surface area (Å²) >= 11 is 3.39. The number of halogens is 1. The van der Waals surface area contributed by atoms with E-state index < -0.39 is 0 Å². The first-order valence-electron chi connectivity index (χ1n) is 5.43. The van der Waals surface area contributed by atoms with Crippen molar-refractivity contribution in [1.29, 1.82) is 0 Å². The maximum Gasteiger partial charge on any atom is 0.136 e. The molecule has 0 spiro atoms. The number of hydrogen-bond donors (Lipinski definition) is 2. The van der Waals surface area contributed by atoms with Crippen molar-refractivity contribution in [2.24, 2.45) is 0 Å². The van der Waals surface area contributed by atoms with Crippen molar-refractivity contribution < 1.29 is 14.9 Å². The molecule has 0 saturated carbocycles. The second-order valence-corrected chi connectivity index (χ2v) is 4.81. The monoisotopic (exact) mass is 308 g/mol. The van der Waals surface area contributed by atoms with E-state index >= 15 is 0 Å². The Labute approximate surface area is 114 Å². The van der Waals surface area contributed by atoms with Crippen LogP contribution in [0.1, 0.15) is 11.1 Å². The van der Waals surface area contributed by atoms with Crippen LogP contribution in [0.25, 0.3) is 0 Å². The molecule has 0 heterocycles. The van der Waals surface area contributed by atoms with Gasteiger partial charge in [-0.05, 0) is 45.3 Å². The lowest BCUT2D eigenvalue weighted by Gasteiger charge is -2.09. The van der Waals surface area contributed by atoms with Gasteiger partial charge < -0.3 is 14.9 Å². The van der Waals surface area contributed by atoms with Gasteiger partial charge in [0.2, 0.25) is 0 Å². The Morgan fingerprint density at radius 1 is 1.11 bits per heavy atom. The van der Waals surface area contributed by atoms with Gasteiger partial charge in [0, 0.05) is 12.5 Å². The van der Waals surface area contributed by atoms with Crippen LogP contribution in [0.2, 0.25) is 0 Å². The summed E-state index contributed by atoms with van der Waals surface area (Å²) in [5.74, 6) is 1.03. The molecule has 0 aliphatic rings. The average molecular weight is 309 g/mol. The summed E-state index contributed by atoms with van der Waals surface area (Å²) < 4.78 is 5.91. The van der Waals surface area contributed by atoms with Crippen LogP contribution in [-0.4, -0.2) is 17.3 Å². The Kier molecular flexibility index (Phi) is 3.77. The van der Waals surface area contributed by atoms with Crippen LogP contribution in [0.4, 0.5) is 0 Å². The fourth-order valence-corrected chi connectivity index (χ4v) is 2.27. The average Bonchev–Trinajstić information content (AvgIpc) is 2.36. The van der Waals surface area contributed by atoms with Crippen molar-refractivity contribution in [2.45, 2.75) is 6.42 Å². The number of ether oxygens (including phenoxy) is 1. The van der Waals surface area contributed by atoms with Crippen molar-refractivity contribution in [3.8, 4) is 17.2 Å². The van der Waals surface area contributed by atoms with Crippen molar-refractivity contribution in [3.05, 3.63) is 52.0 Å². The van der Waals surface area contributed by atoms with E-state index in [2.05, 4.69) is 15.9 Å². The van der Waals surface area contributed by atoms with Crippen LogP contribution < -0.4 is 4.74 Å². The quantitative estimate of drug-likeness (QED) is 0.913. The zero-order valence-electron chi connectivity index (χ0n) is 9.85. The number of phenols is 2. The number of aromatic hydroxyl groups is 2. The van der Waals surface area contributed by atoms with Gasteiger partial charge in [0.15, 0.2) is 0 Å². The highest BCUT2D eigenvalue weighted by molar-refractivity contribution is 9.10. The molecule has 0 bridgehead atoms. The molecular formula is C14H13BrO3. The fraction of sp³-hybridized carbons (Fsp3) is 0.143. The Bertz CT molecular complexity index is 550. The minimum Gasteiger partial charge on any atom is -0.508 e. The molecule has 4 heteroatoms. The van der Waals surface area contributed by atoms with E-state index in [4.69, 9.17) is 4.74 Å². The van der Waals surface area contributed by atoms with E-state index in [-0.39, 0.29) is 11.5 Å². The van der Waals surface area contributed by atoms with Crippen molar-refractivity contribution in [2.75, 3.05) is 7.11 Å². The smallest absolute Gasteiger partial charge is 0.136 e. The standard InChI is InChI=1S/C14H13BrO3/c1-18-14-8-13(17)10(7-12(14)15)6-9-2-4-11(16)5-3-9/h2-5,7-8,16-17H,6H2,1H3. The second-order valence-electron chi connectivity index (χ2n) is 3.96. The van der Waals surface area contributed by atoms with E-state index in [1.54, 1.807) is 25.3 Å². The van der Waals surface area contributed by atoms with Crippen molar-refractivity contribution in [1.82, 2.24) is 0 Å². The molecule has 0 aliphatic carbocycles. The van der Waals surface area contributed by atoms with Gasteiger partial charge >= 0.3 is 0 Å². The van der Waals surface area contributed by atoms with Gasteiger partial charge in [0.1, 0.15) is 17.2 Å². The molecule has 2 aromatic carbocycles. The number of phenolic OH excluding ortho intramolecular Hbond substituents is 2. The molecule has 18 heavy (non-hydrogen) atoms.